The molecule has 0 N–H and O–H groups in total. The molecule has 1 heterocycles. The molecule has 0 atom stereocenters. The van der Waals surface area contributed by atoms with Crippen LogP contribution in [0.3, 0.4) is 0 Å². The zero-order valence-electron chi connectivity index (χ0n) is 34.6. The first-order chi connectivity index (χ1) is 30.8. The van der Waals surface area contributed by atoms with E-state index in [4.69, 9.17) is 0 Å². The fraction of sp³-hybridized carbons (Fsp3) is 0.100. The second-order valence-electron chi connectivity index (χ2n) is 17.0. The van der Waals surface area contributed by atoms with Crippen molar-refractivity contribution in [3.63, 3.8) is 0 Å². The van der Waals surface area contributed by atoms with E-state index in [0.717, 1.165) is 17.1 Å². The normalized spacial score (nSPS) is 13.4. The molecule has 0 spiro atoms. The third-order valence-electron chi connectivity index (χ3n) is 13.5. The maximum atomic E-state index is 2.54. The molecule has 0 radical (unpaired) electrons. The highest BCUT2D eigenvalue weighted by Crippen LogP contribution is 2.49. The van der Waals surface area contributed by atoms with Crippen LogP contribution in [0.25, 0.3) is 85.9 Å². The van der Waals surface area contributed by atoms with Gasteiger partial charge in [-0.05, 0) is 115 Å². The molecule has 10 aromatic carbocycles. The molecule has 11 aromatic rings. The van der Waals surface area contributed by atoms with Crippen LogP contribution in [0.4, 0.5) is 17.1 Å². The average molecular weight is 812 g/mol. The summed E-state index contributed by atoms with van der Waals surface area (Å²) in [4.78, 5) is 2.54. The molecule has 0 saturated heterocycles. The van der Waals surface area contributed by atoms with Crippen LogP contribution < -0.4 is 4.90 Å². The molecule has 0 bridgehead atoms. The number of benzene rings is 10. The molecule has 1 aromatic heterocycles. The Morgan fingerprint density at radius 3 is 1.82 bits per heavy atom. The Bertz CT molecular complexity index is 3470. The van der Waals surface area contributed by atoms with E-state index in [9.17, 15) is 0 Å². The lowest BCUT2D eigenvalue weighted by Crippen LogP contribution is -2.13. The summed E-state index contributed by atoms with van der Waals surface area (Å²) in [5.41, 5.74) is 12.3. The van der Waals surface area contributed by atoms with Gasteiger partial charge in [0.05, 0.1) is 11.4 Å². The molecule has 1 saturated carbocycles. The monoisotopic (exact) mass is 811 g/mol. The highest BCUT2D eigenvalue weighted by molar-refractivity contribution is 7.25. The Labute approximate surface area is 367 Å². The number of anilines is 3. The predicted octanol–water partition coefficient (Wildman–Crippen LogP) is 18.0. The predicted molar refractivity (Wildman–Crippen MR) is 269 cm³/mol. The first-order valence-corrected chi connectivity index (χ1v) is 23.0. The molecule has 1 fully saturated rings. The van der Waals surface area contributed by atoms with Crippen molar-refractivity contribution in [3.8, 4) is 33.4 Å². The number of nitrogens with zero attached hydrogens (tertiary/aromatic N) is 1. The van der Waals surface area contributed by atoms with Gasteiger partial charge in [-0.1, -0.05) is 189 Å². The lowest BCUT2D eigenvalue weighted by Gasteiger charge is -2.31. The molecule has 0 aliphatic heterocycles. The quantitative estimate of drug-likeness (QED) is 0.145. The van der Waals surface area contributed by atoms with Gasteiger partial charge in [-0.2, -0.15) is 0 Å². The van der Waals surface area contributed by atoms with Gasteiger partial charge >= 0.3 is 0 Å². The van der Waals surface area contributed by atoms with Crippen molar-refractivity contribution >= 4 is 80.9 Å². The fourth-order valence-corrected chi connectivity index (χ4v) is 11.8. The first-order valence-electron chi connectivity index (χ1n) is 22.2. The molecule has 62 heavy (non-hydrogen) atoms. The summed E-state index contributed by atoms with van der Waals surface area (Å²) in [6, 6.07) is 77.2. The summed E-state index contributed by atoms with van der Waals surface area (Å²) in [5, 5.41) is 10.4. The van der Waals surface area contributed by atoms with Gasteiger partial charge < -0.3 is 4.90 Å². The van der Waals surface area contributed by atoms with E-state index >= 15 is 0 Å². The van der Waals surface area contributed by atoms with Crippen LogP contribution in [0.15, 0.2) is 206 Å². The van der Waals surface area contributed by atoms with Crippen molar-refractivity contribution in [1.29, 1.82) is 0 Å². The van der Waals surface area contributed by atoms with Gasteiger partial charge in [-0.25, -0.2) is 0 Å². The highest BCUT2D eigenvalue weighted by atomic mass is 32.1. The molecule has 1 aliphatic rings. The zero-order valence-corrected chi connectivity index (χ0v) is 35.4. The molecule has 296 valence electrons. The van der Waals surface area contributed by atoms with Crippen molar-refractivity contribution in [2.24, 2.45) is 0 Å². The number of thiophene rings is 1. The molecular formula is C60H45NS. The van der Waals surface area contributed by atoms with Crippen LogP contribution in [-0.2, 0) is 0 Å². The average Bonchev–Trinajstić information content (AvgIpc) is 3.73. The number of fused-ring (bicyclic) bond motifs is 7. The van der Waals surface area contributed by atoms with E-state index < -0.39 is 0 Å². The maximum absolute atomic E-state index is 2.54. The van der Waals surface area contributed by atoms with Crippen LogP contribution in [-0.4, -0.2) is 0 Å². The second kappa shape index (κ2) is 15.5. The van der Waals surface area contributed by atoms with Gasteiger partial charge in [0.2, 0.25) is 0 Å². The van der Waals surface area contributed by atoms with Crippen LogP contribution in [0.1, 0.15) is 43.6 Å². The number of hydrogen-bond acceptors (Lipinski definition) is 2. The van der Waals surface area contributed by atoms with Crippen molar-refractivity contribution in [3.05, 3.63) is 212 Å². The van der Waals surface area contributed by atoms with Gasteiger partial charge in [-0.15, -0.1) is 11.3 Å². The summed E-state index contributed by atoms with van der Waals surface area (Å²) >= 11 is 1.88. The van der Waals surface area contributed by atoms with Crippen molar-refractivity contribution in [2.75, 3.05) is 4.90 Å². The second-order valence-corrected chi connectivity index (χ2v) is 18.1. The Balaban J connectivity index is 1.12. The van der Waals surface area contributed by atoms with Gasteiger partial charge in [0.25, 0.3) is 0 Å². The zero-order chi connectivity index (χ0) is 41.0. The van der Waals surface area contributed by atoms with E-state index in [2.05, 4.69) is 211 Å². The van der Waals surface area contributed by atoms with E-state index in [1.807, 2.05) is 11.3 Å². The Hall–Kier alpha value is -7.00. The standard InChI is InChI=1S/C60H45NS/c1-2-17-40(18-3-1)46-28-13-20-42-21-14-32-53(59(42)46)52-26-7-10-34-56(52)61(44-23-12-22-43(39-44)47-29-16-36-58-60(47)54-27-8-11-35-57(54)62-58)55-33-9-6-25-51(55)49-31-15-30-48-45-24-5-4-19-41(45)37-38-50(48)49/h4-16,19-40H,1-3,17-18H2. The lowest BCUT2D eigenvalue weighted by molar-refractivity contribution is 0.445. The fourth-order valence-electron chi connectivity index (χ4n) is 10.7. The van der Waals surface area contributed by atoms with Gasteiger partial charge in [0.1, 0.15) is 0 Å². The maximum Gasteiger partial charge on any atom is 0.0540 e. The summed E-state index contributed by atoms with van der Waals surface area (Å²) in [6.07, 6.45) is 6.47. The van der Waals surface area contributed by atoms with Crippen molar-refractivity contribution in [1.82, 2.24) is 0 Å². The largest absolute Gasteiger partial charge is 0.309 e. The van der Waals surface area contributed by atoms with Crippen molar-refractivity contribution in [2.45, 2.75) is 38.0 Å². The summed E-state index contributed by atoms with van der Waals surface area (Å²) in [7, 11) is 0. The van der Waals surface area contributed by atoms with Gasteiger partial charge in [0, 0.05) is 37.0 Å². The first kappa shape index (κ1) is 36.8. The Morgan fingerprint density at radius 2 is 0.968 bits per heavy atom. The highest BCUT2D eigenvalue weighted by Gasteiger charge is 2.25. The SMILES string of the molecule is c1cc(-c2cccc3sc4ccccc4c23)cc(N(c2ccccc2-c2cccc3c2ccc2ccccc23)c2ccccc2-c2cccc3cccc(C4CCCCC4)c23)c1. The van der Waals surface area contributed by atoms with Gasteiger partial charge in [-0.3, -0.25) is 0 Å². The lowest BCUT2D eigenvalue weighted by atomic mass is 9.80. The molecular weight excluding hydrogens is 767 g/mol. The summed E-state index contributed by atoms with van der Waals surface area (Å²) in [6.45, 7) is 0. The third kappa shape index (κ3) is 6.20. The summed E-state index contributed by atoms with van der Waals surface area (Å²) < 4.78 is 2.64. The number of para-hydroxylation sites is 2. The Kier molecular flexibility index (Phi) is 9.19. The van der Waals surface area contributed by atoms with E-state index in [1.165, 1.54) is 124 Å². The topological polar surface area (TPSA) is 3.24 Å². The van der Waals surface area contributed by atoms with Crippen LogP contribution in [0.5, 0.6) is 0 Å². The van der Waals surface area contributed by atoms with E-state index in [1.54, 1.807) is 0 Å². The smallest absolute Gasteiger partial charge is 0.0540 e. The van der Waals surface area contributed by atoms with Crippen molar-refractivity contribution < 1.29 is 0 Å². The Morgan fingerprint density at radius 1 is 0.371 bits per heavy atom. The molecule has 0 unspecified atom stereocenters. The molecule has 1 aliphatic carbocycles. The molecule has 0 amide bonds. The molecule has 2 heteroatoms. The number of hydrogen-bond donors (Lipinski definition) is 0. The summed E-state index contributed by atoms with van der Waals surface area (Å²) in [5.74, 6) is 0.576. The minimum absolute atomic E-state index is 0.576. The van der Waals surface area contributed by atoms with Crippen LogP contribution in [0.2, 0.25) is 0 Å². The van der Waals surface area contributed by atoms with Gasteiger partial charge in [0.15, 0.2) is 0 Å². The molecule has 1 nitrogen and oxygen atoms in total. The van der Waals surface area contributed by atoms with Crippen LogP contribution >= 0.6 is 11.3 Å². The van der Waals surface area contributed by atoms with E-state index in [-0.39, 0.29) is 0 Å². The minimum atomic E-state index is 0.576. The molecule has 12 rings (SSSR count). The van der Waals surface area contributed by atoms with Crippen LogP contribution in [0, 0.1) is 0 Å². The third-order valence-corrected chi connectivity index (χ3v) is 14.6. The minimum Gasteiger partial charge on any atom is -0.309 e. The van der Waals surface area contributed by atoms with E-state index in [0.29, 0.717) is 5.92 Å². The number of rotatable bonds is 7.